The molecule has 0 saturated heterocycles. The topological polar surface area (TPSA) is 91.6 Å². The lowest BCUT2D eigenvalue weighted by atomic mass is 10.1. The van der Waals surface area contributed by atoms with Crippen LogP contribution in [0.5, 0.6) is 0 Å². The van der Waals surface area contributed by atoms with Gasteiger partial charge in [0, 0.05) is 32.9 Å². The molecule has 0 spiro atoms. The summed E-state index contributed by atoms with van der Waals surface area (Å²) in [5.74, 6) is 0.138. The molecule has 0 fully saturated rings. The van der Waals surface area contributed by atoms with Gasteiger partial charge >= 0.3 is 0 Å². The van der Waals surface area contributed by atoms with E-state index in [2.05, 4.69) is 20.7 Å². The van der Waals surface area contributed by atoms with Gasteiger partial charge in [0.1, 0.15) is 0 Å². The molecule has 1 aliphatic heterocycles. The third kappa shape index (κ3) is 4.65. The van der Waals surface area contributed by atoms with E-state index in [4.69, 9.17) is 0 Å². The van der Waals surface area contributed by atoms with Crippen LogP contribution in [0.3, 0.4) is 0 Å². The number of hydrogen-bond acceptors (Lipinski definition) is 4. The van der Waals surface area contributed by atoms with Gasteiger partial charge in [0.05, 0.1) is 23.4 Å². The van der Waals surface area contributed by atoms with Crippen LogP contribution < -0.4 is 10.6 Å². The molecule has 144 valence electrons. The fourth-order valence-corrected chi connectivity index (χ4v) is 2.79. The Hall–Kier alpha value is -2.43. The predicted octanol–water partition coefficient (Wildman–Crippen LogP) is 1.39. The second kappa shape index (κ2) is 9.49. The van der Waals surface area contributed by atoms with E-state index in [0.29, 0.717) is 36.7 Å². The SMILES string of the molecule is CCNC(=NCc1ccnn1C)NCCN1C(=O)c2ccccc2C1=O.I. The van der Waals surface area contributed by atoms with Crippen LogP contribution in [0.1, 0.15) is 33.3 Å². The summed E-state index contributed by atoms with van der Waals surface area (Å²) in [4.78, 5) is 30.5. The molecule has 2 heterocycles. The van der Waals surface area contributed by atoms with E-state index in [1.165, 1.54) is 4.90 Å². The van der Waals surface area contributed by atoms with Gasteiger partial charge in [-0.2, -0.15) is 5.10 Å². The number of nitrogens with zero attached hydrogens (tertiary/aromatic N) is 4. The molecule has 2 N–H and O–H groups in total. The van der Waals surface area contributed by atoms with Crippen molar-refractivity contribution in [2.75, 3.05) is 19.6 Å². The molecule has 1 aliphatic rings. The Morgan fingerprint density at radius 1 is 1.11 bits per heavy atom. The smallest absolute Gasteiger partial charge is 0.261 e. The van der Waals surface area contributed by atoms with Crippen molar-refractivity contribution >= 4 is 41.8 Å². The molecular formula is C18H23IN6O2. The normalized spacial score (nSPS) is 13.4. The Morgan fingerprint density at radius 3 is 2.33 bits per heavy atom. The van der Waals surface area contributed by atoms with E-state index in [9.17, 15) is 9.59 Å². The van der Waals surface area contributed by atoms with E-state index in [1.54, 1.807) is 35.1 Å². The first-order chi connectivity index (χ1) is 12.6. The number of benzene rings is 1. The first-order valence-electron chi connectivity index (χ1n) is 8.56. The van der Waals surface area contributed by atoms with Crippen molar-refractivity contribution in [2.45, 2.75) is 13.5 Å². The van der Waals surface area contributed by atoms with Gasteiger partial charge in [0.25, 0.3) is 11.8 Å². The van der Waals surface area contributed by atoms with Crippen molar-refractivity contribution in [3.63, 3.8) is 0 Å². The summed E-state index contributed by atoms with van der Waals surface area (Å²) in [6.45, 7) is 3.87. The number of halogens is 1. The molecule has 27 heavy (non-hydrogen) atoms. The summed E-state index contributed by atoms with van der Waals surface area (Å²) >= 11 is 0. The number of guanidine groups is 1. The lowest BCUT2D eigenvalue weighted by molar-refractivity contribution is 0.0657. The monoisotopic (exact) mass is 482 g/mol. The molecule has 2 amide bonds. The van der Waals surface area contributed by atoms with Crippen LogP contribution in [0.25, 0.3) is 0 Å². The fraction of sp³-hybridized carbons (Fsp3) is 0.333. The number of aryl methyl sites for hydroxylation is 1. The standard InChI is InChI=1S/C18H22N6O2.HI/c1-3-19-18(21-12-13-8-9-22-23(13)2)20-10-11-24-16(25)14-6-4-5-7-15(14)17(24)26;/h4-9H,3,10-12H2,1-2H3,(H2,19,20,21);1H. The van der Waals surface area contributed by atoms with Gasteiger partial charge in [-0.1, -0.05) is 12.1 Å². The number of imide groups is 1. The zero-order valence-electron chi connectivity index (χ0n) is 15.3. The van der Waals surface area contributed by atoms with Crippen LogP contribution >= 0.6 is 24.0 Å². The van der Waals surface area contributed by atoms with Crippen molar-refractivity contribution in [1.82, 2.24) is 25.3 Å². The zero-order valence-corrected chi connectivity index (χ0v) is 17.6. The number of fused-ring (bicyclic) bond motifs is 1. The molecule has 0 saturated carbocycles. The van der Waals surface area contributed by atoms with Gasteiger partial charge in [-0.05, 0) is 25.1 Å². The molecule has 1 aromatic carbocycles. The molecule has 2 aromatic rings. The van der Waals surface area contributed by atoms with Gasteiger partial charge < -0.3 is 10.6 Å². The average molecular weight is 482 g/mol. The molecule has 9 heteroatoms. The van der Waals surface area contributed by atoms with Crippen LogP contribution in [0.2, 0.25) is 0 Å². The van der Waals surface area contributed by atoms with Crippen LogP contribution in [-0.4, -0.2) is 52.1 Å². The van der Waals surface area contributed by atoms with Gasteiger partial charge in [0.15, 0.2) is 5.96 Å². The first-order valence-corrected chi connectivity index (χ1v) is 8.56. The van der Waals surface area contributed by atoms with Crippen molar-refractivity contribution in [1.29, 1.82) is 0 Å². The van der Waals surface area contributed by atoms with Crippen LogP contribution in [0.15, 0.2) is 41.5 Å². The summed E-state index contributed by atoms with van der Waals surface area (Å²) in [6, 6.07) is 8.80. The van der Waals surface area contributed by atoms with E-state index in [0.717, 1.165) is 5.69 Å². The highest BCUT2D eigenvalue weighted by Gasteiger charge is 2.34. The average Bonchev–Trinajstić information content (AvgIpc) is 3.16. The van der Waals surface area contributed by atoms with Crippen molar-refractivity contribution < 1.29 is 9.59 Å². The molecule has 3 rings (SSSR count). The maximum absolute atomic E-state index is 12.3. The van der Waals surface area contributed by atoms with Crippen LogP contribution in [0.4, 0.5) is 0 Å². The van der Waals surface area contributed by atoms with E-state index < -0.39 is 0 Å². The van der Waals surface area contributed by atoms with E-state index in [1.807, 2.05) is 20.0 Å². The molecule has 1 aromatic heterocycles. The fourth-order valence-electron chi connectivity index (χ4n) is 2.79. The zero-order chi connectivity index (χ0) is 18.5. The summed E-state index contributed by atoms with van der Waals surface area (Å²) in [5.41, 5.74) is 1.92. The Bertz CT molecular complexity index is 813. The Kier molecular flexibility index (Phi) is 7.34. The summed E-state index contributed by atoms with van der Waals surface area (Å²) in [5, 5.41) is 10.4. The maximum Gasteiger partial charge on any atom is 0.261 e. The minimum absolute atomic E-state index is 0. The molecule has 8 nitrogen and oxygen atoms in total. The highest BCUT2D eigenvalue weighted by Crippen LogP contribution is 2.21. The number of rotatable bonds is 6. The predicted molar refractivity (Wildman–Crippen MR) is 113 cm³/mol. The van der Waals surface area contributed by atoms with Gasteiger partial charge in [-0.15, -0.1) is 24.0 Å². The van der Waals surface area contributed by atoms with E-state index in [-0.39, 0.29) is 42.3 Å². The largest absolute Gasteiger partial charge is 0.357 e. The summed E-state index contributed by atoms with van der Waals surface area (Å²) < 4.78 is 1.77. The molecule has 0 atom stereocenters. The summed E-state index contributed by atoms with van der Waals surface area (Å²) in [7, 11) is 1.87. The maximum atomic E-state index is 12.3. The first kappa shape index (κ1) is 20.9. The highest BCUT2D eigenvalue weighted by molar-refractivity contribution is 14.0. The lowest BCUT2D eigenvalue weighted by Crippen LogP contribution is -2.43. The lowest BCUT2D eigenvalue weighted by Gasteiger charge is -2.16. The third-order valence-corrected chi connectivity index (χ3v) is 4.17. The minimum Gasteiger partial charge on any atom is -0.357 e. The number of nitrogens with one attached hydrogen (secondary N) is 2. The number of aliphatic imine (C=N–C) groups is 1. The van der Waals surface area contributed by atoms with E-state index >= 15 is 0 Å². The van der Waals surface area contributed by atoms with Crippen LogP contribution in [-0.2, 0) is 13.6 Å². The number of carbonyl (C=O) groups excluding carboxylic acids is 2. The number of carbonyl (C=O) groups is 2. The quantitative estimate of drug-likeness (QED) is 0.281. The molecule has 0 radical (unpaired) electrons. The Morgan fingerprint density at radius 2 is 1.78 bits per heavy atom. The van der Waals surface area contributed by atoms with Gasteiger partial charge in [0.2, 0.25) is 0 Å². The molecular weight excluding hydrogens is 459 g/mol. The minimum atomic E-state index is -0.246. The number of hydrogen-bond donors (Lipinski definition) is 2. The summed E-state index contributed by atoms with van der Waals surface area (Å²) in [6.07, 6.45) is 1.73. The second-order valence-corrected chi connectivity index (χ2v) is 5.88. The van der Waals surface area contributed by atoms with Crippen molar-refractivity contribution in [2.24, 2.45) is 12.0 Å². The van der Waals surface area contributed by atoms with Crippen molar-refractivity contribution in [3.8, 4) is 0 Å². The van der Waals surface area contributed by atoms with Crippen LogP contribution in [0, 0.1) is 0 Å². The molecule has 0 unspecified atom stereocenters. The Labute approximate surface area is 175 Å². The third-order valence-electron chi connectivity index (χ3n) is 4.17. The number of aromatic nitrogens is 2. The molecule has 0 aliphatic carbocycles. The highest BCUT2D eigenvalue weighted by atomic mass is 127. The van der Waals surface area contributed by atoms with Gasteiger partial charge in [-0.3, -0.25) is 19.2 Å². The number of amides is 2. The second-order valence-electron chi connectivity index (χ2n) is 5.88. The Balaban J connectivity index is 0.00000261. The van der Waals surface area contributed by atoms with Gasteiger partial charge in [-0.25, -0.2) is 4.99 Å². The van der Waals surface area contributed by atoms with Crippen molar-refractivity contribution in [3.05, 3.63) is 53.3 Å². The molecule has 0 bridgehead atoms.